The molecule has 0 spiro atoms. The molecule has 0 amide bonds. The molecule has 4 N–H and O–H groups in total. The molecule has 0 aliphatic carbocycles. The van der Waals surface area contributed by atoms with E-state index in [2.05, 4.69) is 37.7 Å². The maximum Gasteiger partial charge on any atom is 0.228 e. The molecule has 0 aliphatic heterocycles. The van der Waals surface area contributed by atoms with Crippen LogP contribution in [0.4, 0.5) is 17.6 Å². The van der Waals surface area contributed by atoms with Crippen molar-refractivity contribution in [2.24, 2.45) is 0 Å². The SMILES string of the molecule is CCCNc1cc(NCCc2nc(C)no2)nc(N)n1. The number of aryl methyl sites for hydroxylation is 1. The molecule has 108 valence electrons. The zero-order chi connectivity index (χ0) is 14.4. The molecular weight excluding hydrogens is 258 g/mol. The van der Waals surface area contributed by atoms with Gasteiger partial charge < -0.3 is 20.9 Å². The Balaban J connectivity index is 1.89. The van der Waals surface area contributed by atoms with Gasteiger partial charge in [0.05, 0.1) is 0 Å². The van der Waals surface area contributed by atoms with E-state index < -0.39 is 0 Å². The Morgan fingerprint density at radius 1 is 1.15 bits per heavy atom. The number of nitrogens with zero attached hydrogens (tertiary/aromatic N) is 4. The first kappa shape index (κ1) is 14.0. The minimum atomic E-state index is 0.238. The van der Waals surface area contributed by atoms with Gasteiger partial charge >= 0.3 is 0 Å². The first-order valence-corrected chi connectivity index (χ1v) is 6.59. The van der Waals surface area contributed by atoms with Gasteiger partial charge in [-0.1, -0.05) is 12.1 Å². The van der Waals surface area contributed by atoms with E-state index in [0.29, 0.717) is 30.5 Å². The first-order chi connectivity index (χ1) is 9.67. The van der Waals surface area contributed by atoms with Gasteiger partial charge in [0.2, 0.25) is 11.8 Å². The summed E-state index contributed by atoms with van der Waals surface area (Å²) in [6, 6.07) is 1.82. The molecule has 2 aromatic rings. The van der Waals surface area contributed by atoms with E-state index in [-0.39, 0.29) is 5.95 Å². The van der Waals surface area contributed by atoms with Crippen LogP contribution in [0.2, 0.25) is 0 Å². The summed E-state index contributed by atoms with van der Waals surface area (Å²) in [4.78, 5) is 12.4. The van der Waals surface area contributed by atoms with Crippen LogP contribution in [0.3, 0.4) is 0 Å². The normalized spacial score (nSPS) is 10.5. The van der Waals surface area contributed by atoms with Crippen LogP contribution in [0.25, 0.3) is 0 Å². The molecule has 8 nitrogen and oxygen atoms in total. The number of nitrogens with one attached hydrogen (secondary N) is 2. The monoisotopic (exact) mass is 277 g/mol. The summed E-state index contributed by atoms with van der Waals surface area (Å²) in [5, 5.41) is 10.1. The standard InChI is InChI=1S/C12H19N7O/c1-3-5-14-9-7-10(18-12(13)17-9)15-6-4-11-16-8(2)19-20-11/h7H,3-6H2,1-2H3,(H4,13,14,15,17,18). The Bertz CT molecular complexity index is 554. The van der Waals surface area contributed by atoms with Crippen molar-refractivity contribution in [2.45, 2.75) is 26.7 Å². The fourth-order valence-corrected chi connectivity index (χ4v) is 1.64. The number of nitrogens with two attached hydrogens (primary N) is 1. The number of rotatable bonds is 7. The fraction of sp³-hybridized carbons (Fsp3) is 0.500. The third kappa shape index (κ3) is 4.08. The van der Waals surface area contributed by atoms with Gasteiger partial charge in [0, 0.05) is 25.6 Å². The molecule has 0 aromatic carbocycles. The second-order valence-electron chi connectivity index (χ2n) is 4.34. The smallest absolute Gasteiger partial charge is 0.228 e. The van der Waals surface area contributed by atoms with Crippen molar-refractivity contribution in [1.82, 2.24) is 20.1 Å². The molecule has 20 heavy (non-hydrogen) atoms. The molecule has 0 saturated heterocycles. The first-order valence-electron chi connectivity index (χ1n) is 6.59. The molecule has 0 radical (unpaired) electrons. The lowest BCUT2D eigenvalue weighted by atomic mass is 10.4. The minimum absolute atomic E-state index is 0.238. The second kappa shape index (κ2) is 6.69. The average Bonchev–Trinajstić information content (AvgIpc) is 2.81. The van der Waals surface area contributed by atoms with Crippen molar-refractivity contribution in [3.8, 4) is 0 Å². The molecule has 0 unspecified atom stereocenters. The minimum Gasteiger partial charge on any atom is -0.370 e. The second-order valence-corrected chi connectivity index (χ2v) is 4.34. The van der Waals surface area contributed by atoms with Crippen molar-refractivity contribution in [1.29, 1.82) is 0 Å². The van der Waals surface area contributed by atoms with Crippen molar-refractivity contribution in [3.63, 3.8) is 0 Å². The van der Waals surface area contributed by atoms with Gasteiger partial charge in [-0.3, -0.25) is 0 Å². The van der Waals surface area contributed by atoms with Gasteiger partial charge in [-0.2, -0.15) is 15.0 Å². The molecule has 2 aromatic heterocycles. The largest absolute Gasteiger partial charge is 0.370 e. The lowest BCUT2D eigenvalue weighted by Gasteiger charge is -2.08. The van der Waals surface area contributed by atoms with Crippen LogP contribution in [0.15, 0.2) is 10.6 Å². The molecular formula is C12H19N7O. The molecule has 2 heterocycles. The fourth-order valence-electron chi connectivity index (χ4n) is 1.64. The van der Waals surface area contributed by atoms with Crippen molar-refractivity contribution in [2.75, 3.05) is 29.5 Å². The molecule has 0 fully saturated rings. The van der Waals surface area contributed by atoms with E-state index in [4.69, 9.17) is 10.3 Å². The maximum atomic E-state index is 5.67. The molecule has 8 heteroatoms. The van der Waals surface area contributed by atoms with E-state index in [9.17, 15) is 0 Å². The number of anilines is 3. The predicted octanol–water partition coefficient (Wildman–Crippen LogP) is 1.23. The number of hydrogen-bond donors (Lipinski definition) is 3. The Morgan fingerprint density at radius 2 is 1.85 bits per heavy atom. The topological polar surface area (TPSA) is 115 Å². The van der Waals surface area contributed by atoms with E-state index in [1.54, 1.807) is 6.92 Å². The van der Waals surface area contributed by atoms with Crippen LogP contribution in [-0.2, 0) is 6.42 Å². The van der Waals surface area contributed by atoms with Crippen molar-refractivity contribution in [3.05, 3.63) is 17.8 Å². The summed E-state index contributed by atoms with van der Waals surface area (Å²) >= 11 is 0. The zero-order valence-electron chi connectivity index (χ0n) is 11.7. The molecule has 0 bridgehead atoms. The lowest BCUT2D eigenvalue weighted by Crippen LogP contribution is -2.10. The van der Waals surface area contributed by atoms with Gasteiger partial charge in [-0.05, 0) is 13.3 Å². The summed E-state index contributed by atoms with van der Waals surface area (Å²) in [5.74, 6) is 2.86. The lowest BCUT2D eigenvalue weighted by molar-refractivity contribution is 0.377. The molecule has 2 rings (SSSR count). The summed E-state index contributed by atoms with van der Waals surface area (Å²) in [6.45, 7) is 5.35. The maximum absolute atomic E-state index is 5.67. The highest BCUT2D eigenvalue weighted by Gasteiger charge is 2.04. The van der Waals surface area contributed by atoms with Crippen LogP contribution in [-0.4, -0.2) is 33.2 Å². The van der Waals surface area contributed by atoms with E-state index in [0.717, 1.165) is 18.8 Å². The number of aromatic nitrogens is 4. The van der Waals surface area contributed by atoms with Crippen LogP contribution in [0.5, 0.6) is 0 Å². The van der Waals surface area contributed by atoms with E-state index in [1.807, 2.05) is 6.07 Å². The molecule has 0 saturated carbocycles. The summed E-state index contributed by atoms with van der Waals surface area (Å²) in [7, 11) is 0. The van der Waals surface area contributed by atoms with Crippen LogP contribution >= 0.6 is 0 Å². The van der Waals surface area contributed by atoms with Crippen LogP contribution in [0.1, 0.15) is 25.1 Å². The molecule has 0 aliphatic rings. The summed E-state index contributed by atoms with van der Waals surface area (Å²) < 4.78 is 5.03. The zero-order valence-corrected chi connectivity index (χ0v) is 11.7. The van der Waals surface area contributed by atoms with Crippen molar-refractivity contribution >= 4 is 17.6 Å². The van der Waals surface area contributed by atoms with E-state index in [1.165, 1.54) is 0 Å². The summed E-state index contributed by atoms with van der Waals surface area (Å²) in [6.07, 6.45) is 1.64. The summed E-state index contributed by atoms with van der Waals surface area (Å²) in [5.41, 5.74) is 5.67. The Labute approximate surface area is 117 Å². The Morgan fingerprint density at radius 3 is 2.45 bits per heavy atom. The highest BCUT2D eigenvalue weighted by molar-refractivity contribution is 5.50. The van der Waals surface area contributed by atoms with Gasteiger partial charge in [-0.15, -0.1) is 0 Å². The van der Waals surface area contributed by atoms with Crippen molar-refractivity contribution < 1.29 is 4.52 Å². The van der Waals surface area contributed by atoms with E-state index >= 15 is 0 Å². The van der Waals surface area contributed by atoms with Crippen LogP contribution < -0.4 is 16.4 Å². The third-order valence-corrected chi connectivity index (χ3v) is 2.51. The Kier molecular flexibility index (Phi) is 4.70. The quantitative estimate of drug-likeness (QED) is 0.692. The average molecular weight is 277 g/mol. The Hall–Kier alpha value is -2.38. The third-order valence-electron chi connectivity index (χ3n) is 2.51. The number of nitrogen functional groups attached to an aromatic ring is 1. The highest BCUT2D eigenvalue weighted by Crippen LogP contribution is 2.12. The van der Waals surface area contributed by atoms with Gasteiger partial charge in [0.1, 0.15) is 11.6 Å². The highest BCUT2D eigenvalue weighted by atomic mass is 16.5. The van der Waals surface area contributed by atoms with Crippen LogP contribution in [0, 0.1) is 6.92 Å². The van der Waals surface area contributed by atoms with Gasteiger partial charge in [0.15, 0.2) is 5.82 Å². The van der Waals surface area contributed by atoms with Gasteiger partial charge in [0.25, 0.3) is 0 Å². The molecule has 0 atom stereocenters. The predicted molar refractivity (Wildman–Crippen MR) is 76.5 cm³/mol. The van der Waals surface area contributed by atoms with Gasteiger partial charge in [-0.25, -0.2) is 0 Å². The number of hydrogen-bond acceptors (Lipinski definition) is 8.